The normalized spacial score (nSPS) is 15.4. The molecule has 2 rings (SSSR count). The summed E-state index contributed by atoms with van der Waals surface area (Å²) in [5.74, 6) is -2.28. The molecule has 3 amide bonds. The number of imide groups is 1. The molecule has 0 radical (unpaired) electrons. The van der Waals surface area contributed by atoms with Gasteiger partial charge in [0.15, 0.2) is 0 Å². The minimum Gasteiger partial charge on any atom is -0.469 e. The van der Waals surface area contributed by atoms with Gasteiger partial charge in [0.1, 0.15) is 6.04 Å². The third kappa shape index (κ3) is 4.39. The van der Waals surface area contributed by atoms with E-state index in [4.69, 9.17) is 4.74 Å². The lowest BCUT2D eigenvalue weighted by atomic mass is 10.1. The first-order valence-electron chi connectivity index (χ1n) is 9.17. The zero-order valence-corrected chi connectivity index (χ0v) is 17.0. The maximum absolute atomic E-state index is 13.1. The van der Waals surface area contributed by atoms with E-state index in [0.717, 1.165) is 4.90 Å². The SMILES string of the molecule is COC(=O)C(C)CN(CCN(C)C)C(=O)C(C)N1C(=O)c2ccccc2C1=O. The van der Waals surface area contributed by atoms with Crippen LogP contribution < -0.4 is 0 Å². The van der Waals surface area contributed by atoms with E-state index in [2.05, 4.69) is 0 Å². The zero-order valence-electron chi connectivity index (χ0n) is 17.0. The molecule has 8 heteroatoms. The van der Waals surface area contributed by atoms with E-state index in [1.54, 1.807) is 31.2 Å². The minimum atomic E-state index is -0.973. The highest BCUT2D eigenvalue weighted by Crippen LogP contribution is 2.25. The molecule has 152 valence electrons. The topological polar surface area (TPSA) is 87.2 Å². The third-order valence-electron chi connectivity index (χ3n) is 4.80. The Hall–Kier alpha value is -2.74. The Kier molecular flexibility index (Phi) is 6.90. The van der Waals surface area contributed by atoms with E-state index >= 15 is 0 Å². The molecule has 2 atom stereocenters. The van der Waals surface area contributed by atoms with Gasteiger partial charge in [0, 0.05) is 19.6 Å². The Morgan fingerprint density at radius 3 is 2.04 bits per heavy atom. The van der Waals surface area contributed by atoms with Crippen molar-refractivity contribution in [1.82, 2.24) is 14.7 Å². The van der Waals surface area contributed by atoms with Crippen LogP contribution in [0.15, 0.2) is 24.3 Å². The number of nitrogens with zero attached hydrogens (tertiary/aromatic N) is 3. The first-order chi connectivity index (χ1) is 13.2. The van der Waals surface area contributed by atoms with E-state index < -0.39 is 29.7 Å². The van der Waals surface area contributed by atoms with Crippen molar-refractivity contribution < 1.29 is 23.9 Å². The maximum atomic E-state index is 13.1. The fraction of sp³-hybridized carbons (Fsp3) is 0.500. The Labute approximate surface area is 165 Å². The second-order valence-corrected chi connectivity index (χ2v) is 7.21. The Morgan fingerprint density at radius 1 is 1.04 bits per heavy atom. The van der Waals surface area contributed by atoms with Crippen molar-refractivity contribution in [1.29, 1.82) is 0 Å². The molecule has 1 heterocycles. The second kappa shape index (κ2) is 8.97. The summed E-state index contributed by atoms with van der Waals surface area (Å²) in [7, 11) is 5.05. The van der Waals surface area contributed by atoms with Crippen molar-refractivity contribution in [2.24, 2.45) is 5.92 Å². The van der Waals surface area contributed by atoms with Gasteiger partial charge < -0.3 is 14.5 Å². The van der Waals surface area contributed by atoms with Gasteiger partial charge in [-0.15, -0.1) is 0 Å². The molecule has 1 aromatic rings. The molecule has 0 N–H and O–H groups in total. The molecule has 1 aromatic carbocycles. The van der Waals surface area contributed by atoms with E-state index in [9.17, 15) is 19.2 Å². The fourth-order valence-corrected chi connectivity index (χ4v) is 3.15. The van der Waals surface area contributed by atoms with Crippen LogP contribution in [0.4, 0.5) is 0 Å². The predicted molar refractivity (Wildman–Crippen MR) is 103 cm³/mol. The van der Waals surface area contributed by atoms with Crippen LogP contribution in [0.2, 0.25) is 0 Å². The first-order valence-corrected chi connectivity index (χ1v) is 9.17. The zero-order chi connectivity index (χ0) is 21.0. The van der Waals surface area contributed by atoms with E-state index in [-0.39, 0.29) is 12.5 Å². The molecule has 8 nitrogen and oxygen atoms in total. The summed E-state index contributed by atoms with van der Waals surface area (Å²) in [5.41, 5.74) is 0.602. The lowest BCUT2D eigenvalue weighted by Gasteiger charge is -2.31. The number of carbonyl (C=O) groups is 4. The molecule has 28 heavy (non-hydrogen) atoms. The molecule has 2 unspecified atom stereocenters. The lowest BCUT2D eigenvalue weighted by Crippen LogP contribution is -2.52. The lowest BCUT2D eigenvalue weighted by molar-refractivity contribution is -0.147. The summed E-state index contributed by atoms with van der Waals surface area (Å²) < 4.78 is 4.75. The number of esters is 1. The molecule has 0 aliphatic carbocycles. The highest BCUT2D eigenvalue weighted by molar-refractivity contribution is 6.22. The van der Waals surface area contributed by atoms with Crippen molar-refractivity contribution in [3.63, 3.8) is 0 Å². The summed E-state index contributed by atoms with van der Waals surface area (Å²) >= 11 is 0. The summed E-state index contributed by atoms with van der Waals surface area (Å²) in [5, 5.41) is 0. The van der Waals surface area contributed by atoms with Crippen molar-refractivity contribution in [3.8, 4) is 0 Å². The summed E-state index contributed by atoms with van der Waals surface area (Å²) in [6.07, 6.45) is 0. The molecule has 0 fully saturated rings. The van der Waals surface area contributed by atoms with E-state index in [1.807, 2.05) is 19.0 Å². The Bertz CT molecular complexity index is 742. The van der Waals surface area contributed by atoms with Crippen LogP contribution in [0.25, 0.3) is 0 Å². The van der Waals surface area contributed by atoms with Gasteiger partial charge in [-0.3, -0.25) is 24.1 Å². The van der Waals surface area contributed by atoms with Crippen molar-refractivity contribution >= 4 is 23.7 Å². The van der Waals surface area contributed by atoms with Crippen molar-refractivity contribution in [2.45, 2.75) is 19.9 Å². The Morgan fingerprint density at radius 2 is 1.57 bits per heavy atom. The highest BCUT2D eigenvalue weighted by Gasteiger charge is 2.42. The molecule has 0 saturated heterocycles. The van der Waals surface area contributed by atoms with Gasteiger partial charge in [-0.05, 0) is 33.2 Å². The van der Waals surface area contributed by atoms with Crippen LogP contribution in [-0.4, -0.2) is 85.3 Å². The number of carbonyl (C=O) groups excluding carboxylic acids is 4. The molecular weight excluding hydrogens is 362 g/mol. The third-order valence-corrected chi connectivity index (χ3v) is 4.80. The minimum absolute atomic E-state index is 0.146. The second-order valence-electron chi connectivity index (χ2n) is 7.21. The molecule has 1 aliphatic rings. The average molecular weight is 389 g/mol. The number of ether oxygens (including phenoxy) is 1. The summed E-state index contributed by atoms with van der Waals surface area (Å²) in [6.45, 7) is 4.30. The van der Waals surface area contributed by atoms with Crippen LogP contribution in [-0.2, 0) is 14.3 Å². The number of amides is 3. The van der Waals surface area contributed by atoms with Gasteiger partial charge in [0.25, 0.3) is 11.8 Å². The maximum Gasteiger partial charge on any atom is 0.310 e. The molecule has 0 bridgehead atoms. The fourth-order valence-electron chi connectivity index (χ4n) is 3.15. The smallest absolute Gasteiger partial charge is 0.310 e. The number of benzene rings is 1. The Balaban J connectivity index is 2.21. The number of hydrogen-bond donors (Lipinski definition) is 0. The van der Waals surface area contributed by atoms with Gasteiger partial charge in [-0.25, -0.2) is 0 Å². The van der Waals surface area contributed by atoms with Gasteiger partial charge >= 0.3 is 5.97 Å². The largest absolute Gasteiger partial charge is 0.469 e. The van der Waals surface area contributed by atoms with Crippen LogP contribution in [0, 0.1) is 5.92 Å². The molecule has 0 aromatic heterocycles. The van der Waals surface area contributed by atoms with E-state index in [1.165, 1.54) is 18.9 Å². The van der Waals surface area contributed by atoms with Gasteiger partial charge in [-0.2, -0.15) is 0 Å². The van der Waals surface area contributed by atoms with Crippen molar-refractivity contribution in [2.75, 3.05) is 40.8 Å². The molecule has 1 aliphatic heterocycles. The van der Waals surface area contributed by atoms with Crippen LogP contribution >= 0.6 is 0 Å². The summed E-state index contributed by atoms with van der Waals surface area (Å²) in [4.78, 5) is 54.7. The van der Waals surface area contributed by atoms with Gasteiger partial charge in [-0.1, -0.05) is 19.1 Å². The number of likely N-dealkylation sites (N-methyl/N-ethyl adjacent to an activating group) is 1. The van der Waals surface area contributed by atoms with Crippen LogP contribution in [0.3, 0.4) is 0 Å². The van der Waals surface area contributed by atoms with Crippen LogP contribution in [0.5, 0.6) is 0 Å². The number of methoxy groups -OCH3 is 1. The van der Waals surface area contributed by atoms with Gasteiger partial charge in [0.05, 0.1) is 24.2 Å². The van der Waals surface area contributed by atoms with Crippen molar-refractivity contribution in [3.05, 3.63) is 35.4 Å². The van der Waals surface area contributed by atoms with Crippen LogP contribution in [0.1, 0.15) is 34.6 Å². The molecule has 0 spiro atoms. The standard InChI is InChI=1S/C20H27N3O5/c1-13(20(27)28-5)12-22(11-10-21(3)4)17(24)14(2)23-18(25)15-8-6-7-9-16(15)19(23)26/h6-9,13-14H,10-12H2,1-5H3. The monoisotopic (exact) mass is 389 g/mol. The van der Waals surface area contributed by atoms with E-state index in [0.29, 0.717) is 24.2 Å². The molecular formula is C20H27N3O5. The van der Waals surface area contributed by atoms with Gasteiger partial charge in [0.2, 0.25) is 5.91 Å². The predicted octanol–water partition coefficient (Wildman–Crippen LogP) is 0.870. The highest BCUT2D eigenvalue weighted by atomic mass is 16.5. The average Bonchev–Trinajstić information content (AvgIpc) is 2.93. The quantitative estimate of drug-likeness (QED) is 0.484. The summed E-state index contributed by atoms with van der Waals surface area (Å²) in [6, 6.07) is 5.55. The molecule has 0 saturated carbocycles. The first kappa shape index (κ1) is 21.6. The number of fused-ring (bicyclic) bond motifs is 1. The number of hydrogen-bond acceptors (Lipinski definition) is 6. The number of rotatable bonds is 8.